The molecule has 2 unspecified atom stereocenters. The summed E-state index contributed by atoms with van der Waals surface area (Å²) in [4.78, 5) is 10.1. The average Bonchev–Trinajstić information content (AvgIpc) is 2.36. The van der Waals surface area contributed by atoms with Gasteiger partial charge in [0.15, 0.2) is 9.84 Å². The minimum absolute atomic E-state index is 0.0757. The van der Waals surface area contributed by atoms with E-state index in [0.717, 1.165) is 6.26 Å². The van der Waals surface area contributed by atoms with Gasteiger partial charge in [-0.05, 0) is 25.0 Å². The Morgan fingerprint density at radius 2 is 2.00 bits per heavy atom. The number of para-hydroxylation sites is 1. The molecular weight excluding hydrogens is 284 g/mol. The third-order valence-corrected chi connectivity index (χ3v) is 4.23. The number of hydrogen-bond acceptors (Lipinski definition) is 6. The third kappa shape index (κ3) is 3.67. The summed E-state index contributed by atoms with van der Waals surface area (Å²) in [5, 5.41) is 23.1. The van der Waals surface area contributed by atoms with Crippen LogP contribution in [0.15, 0.2) is 23.1 Å². The van der Waals surface area contributed by atoms with Gasteiger partial charge in [0.05, 0.1) is 4.92 Å². The molecule has 1 aromatic rings. The number of nitrogens with one attached hydrogen (secondary N) is 1. The van der Waals surface area contributed by atoms with Crippen LogP contribution in [0.2, 0.25) is 0 Å². The maximum atomic E-state index is 11.6. The molecule has 0 aromatic heterocycles. The maximum absolute atomic E-state index is 11.6. The molecule has 1 rings (SSSR count). The number of aliphatic hydroxyl groups is 1. The number of rotatable bonds is 6. The highest BCUT2D eigenvalue weighted by molar-refractivity contribution is 7.90. The van der Waals surface area contributed by atoms with Gasteiger partial charge in [0, 0.05) is 18.9 Å². The van der Waals surface area contributed by atoms with Crippen molar-refractivity contribution in [2.45, 2.75) is 24.8 Å². The van der Waals surface area contributed by atoms with E-state index >= 15 is 0 Å². The highest BCUT2D eigenvalue weighted by atomic mass is 32.2. The number of aliphatic hydroxyl groups excluding tert-OH is 1. The van der Waals surface area contributed by atoms with Crippen molar-refractivity contribution in [3.8, 4) is 0 Å². The predicted molar refractivity (Wildman–Crippen MR) is 75.5 cm³/mol. The van der Waals surface area contributed by atoms with Crippen LogP contribution in [0, 0.1) is 16.0 Å². The van der Waals surface area contributed by atoms with E-state index in [1.54, 1.807) is 13.8 Å². The Bertz CT molecular complexity index is 600. The lowest BCUT2D eigenvalue weighted by atomic mass is 10.0. The zero-order valence-corrected chi connectivity index (χ0v) is 12.3. The van der Waals surface area contributed by atoms with Crippen molar-refractivity contribution < 1.29 is 18.4 Å². The van der Waals surface area contributed by atoms with Crippen LogP contribution in [0.25, 0.3) is 0 Å². The van der Waals surface area contributed by atoms with E-state index in [-0.39, 0.29) is 29.1 Å². The first kappa shape index (κ1) is 16.4. The Morgan fingerprint density at radius 1 is 1.40 bits per heavy atom. The van der Waals surface area contributed by atoms with Gasteiger partial charge in [-0.2, -0.15) is 0 Å². The van der Waals surface area contributed by atoms with E-state index in [0.29, 0.717) is 0 Å². The molecule has 0 heterocycles. The minimum atomic E-state index is -3.69. The van der Waals surface area contributed by atoms with Gasteiger partial charge in [-0.1, -0.05) is 13.0 Å². The lowest BCUT2D eigenvalue weighted by Gasteiger charge is -2.20. The van der Waals surface area contributed by atoms with Gasteiger partial charge in [-0.25, -0.2) is 8.42 Å². The quantitative estimate of drug-likeness (QED) is 0.607. The fourth-order valence-corrected chi connectivity index (χ4v) is 2.53. The molecule has 7 nitrogen and oxygen atoms in total. The van der Waals surface area contributed by atoms with E-state index in [4.69, 9.17) is 5.11 Å². The van der Waals surface area contributed by atoms with Crippen LogP contribution in [-0.2, 0) is 9.84 Å². The smallest absolute Gasteiger partial charge is 0.310 e. The van der Waals surface area contributed by atoms with Gasteiger partial charge in [-0.3, -0.25) is 10.1 Å². The molecule has 0 radical (unpaired) electrons. The Labute approximate surface area is 117 Å². The molecule has 0 amide bonds. The van der Waals surface area contributed by atoms with Crippen LogP contribution in [0.1, 0.15) is 13.8 Å². The van der Waals surface area contributed by atoms with Crippen molar-refractivity contribution in [3.05, 3.63) is 28.3 Å². The molecule has 0 fully saturated rings. The van der Waals surface area contributed by atoms with E-state index in [2.05, 4.69) is 5.32 Å². The van der Waals surface area contributed by atoms with Crippen LogP contribution >= 0.6 is 0 Å². The van der Waals surface area contributed by atoms with E-state index < -0.39 is 20.4 Å². The maximum Gasteiger partial charge on any atom is 0.310 e. The first-order valence-electron chi connectivity index (χ1n) is 6.03. The monoisotopic (exact) mass is 302 g/mol. The molecule has 8 heteroatoms. The average molecular weight is 302 g/mol. The molecule has 0 saturated heterocycles. The van der Waals surface area contributed by atoms with Gasteiger partial charge in [0.25, 0.3) is 0 Å². The van der Waals surface area contributed by atoms with Gasteiger partial charge in [-0.15, -0.1) is 0 Å². The zero-order chi connectivity index (χ0) is 15.5. The van der Waals surface area contributed by atoms with E-state index in [9.17, 15) is 18.5 Å². The van der Waals surface area contributed by atoms with Crippen molar-refractivity contribution in [2.75, 3.05) is 18.2 Å². The number of nitrogens with zero attached hydrogens (tertiary/aromatic N) is 1. The molecule has 112 valence electrons. The van der Waals surface area contributed by atoms with E-state index in [1.165, 1.54) is 18.2 Å². The number of nitro benzene ring substituents is 1. The standard InChI is InChI=1S/C12H18N2O5S/c1-8(7-15)9(2)13-10-5-4-6-11(20(3,18)19)12(10)14(16)17/h4-6,8-9,13,15H,7H2,1-3H3. The van der Waals surface area contributed by atoms with Crippen molar-refractivity contribution in [3.63, 3.8) is 0 Å². The molecule has 0 spiro atoms. The van der Waals surface area contributed by atoms with Crippen LogP contribution in [0.3, 0.4) is 0 Å². The number of sulfone groups is 1. The molecule has 1 aromatic carbocycles. The summed E-state index contributed by atoms with van der Waals surface area (Å²) in [6.45, 7) is 3.47. The van der Waals surface area contributed by atoms with Crippen LogP contribution in [-0.4, -0.2) is 37.4 Å². The third-order valence-electron chi connectivity index (χ3n) is 3.11. The summed E-state index contributed by atoms with van der Waals surface area (Å²) in [5.41, 5.74) is -0.335. The molecular formula is C12H18N2O5S. The van der Waals surface area contributed by atoms with Crippen LogP contribution < -0.4 is 5.32 Å². The molecule has 0 saturated carbocycles. The van der Waals surface area contributed by atoms with Gasteiger partial charge in [0.1, 0.15) is 10.6 Å². The molecule has 20 heavy (non-hydrogen) atoms. The van der Waals surface area contributed by atoms with Crippen molar-refractivity contribution in [1.29, 1.82) is 0 Å². The Balaban J connectivity index is 3.31. The van der Waals surface area contributed by atoms with Crippen molar-refractivity contribution >= 4 is 21.2 Å². The van der Waals surface area contributed by atoms with Crippen LogP contribution in [0.5, 0.6) is 0 Å². The Hall–Kier alpha value is -1.67. The largest absolute Gasteiger partial charge is 0.396 e. The summed E-state index contributed by atoms with van der Waals surface area (Å²) in [6.07, 6.45) is 0.929. The fourth-order valence-electron chi connectivity index (χ4n) is 1.67. The van der Waals surface area contributed by atoms with Crippen LogP contribution in [0.4, 0.5) is 11.4 Å². The fraction of sp³-hybridized carbons (Fsp3) is 0.500. The van der Waals surface area contributed by atoms with E-state index in [1.807, 2.05) is 0 Å². The second kappa shape index (κ2) is 6.19. The summed E-state index contributed by atoms with van der Waals surface area (Å²) < 4.78 is 23.2. The normalized spacial score (nSPS) is 14.6. The molecule has 0 aliphatic rings. The first-order chi connectivity index (χ1) is 9.18. The molecule has 0 aliphatic carbocycles. The first-order valence-corrected chi connectivity index (χ1v) is 7.92. The number of benzene rings is 1. The minimum Gasteiger partial charge on any atom is -0.396 e. The molecule has 2 N–H and O–H groups in total. The zero-order valence-electron chi connectivity index (χ0n) is 11.5. The highest BCUT2D eigenvalue weighted by Crippen LogP contribution is 2.32. The number of nitro groups is 1. The van der Waals surface area contributed by atoms with Crippen molar-refractivity contribution in [2.24, 2.45) is 5.92 Å². The Kier molecular flexibility index (Phi) is 5.07. The lowest BCUT2D eigenvalue weighted by Crippen LogP contribution is -2.26. The summed E-state index contributed by atoms with van der Waals surface area (Å²) in [7, 11) is -3.69. The van der Waals surface area contributed by atoms with Crippen molar-refractivity contribution in [1.82, 2.24) is 0 Å². The molecule has 0 aliphatic heterocycles. The van der Waals surface area contributed by atoms with Gasteiger partial charge >= 0.3 is 5.69 Å². The topological polar surface area (TPSA) is 110 Å². The predicted octanol–water partition coefficient (Wildman–Crippen LogP) is 1.43. The summed E-state index contributed by atoms with van der Waals surface area (Å²) in [6, 6.07) is 3.86. The number of anilines is 1. The molecule has 2 atom stereocenters. The second-order valence-corrected chi connectivity index (χ2v) is 6.76. The van der Waals surface area contributed by atoms with Gasteiger partial charge in [0.2, 0.25) is 0 Å². The van der Waals surface area contributed by atoms with Gasteiger partial charge < -0.3 is 10.4 Å². The Morgan fingerprint density at radius 3 is 2.45 bits per heavy atom. The SMILES string of the molecule is CC(CO)C(C)Nc1cccc(S(C)(=O)=O)c1[N+](=O)[O-]. The summed E-state index contributed by atoms with van der Waals surface area (Å²) in [5.74, 6) is -0.128. The number of hydrogen-bond donors (Lipinski definition) is 2. The highest BCUT2D eigenvalue weighted by Gasteiger charge is 2.27. The second-order valence-electron chi connectivity index (χ2n) is 4.77. The molecule has 0 bridgehead atoms. The summed E-state index contributed by atoms with van der Waals surface area (Å²) >= 11 is 0. The lowest BCUT2D eigenvalue weighted by molar-refractivity contribution is -0.386.